The number of rotatable bonds is 5. The van der Waals surface area contributed by atoms with Crippen LogP contribution in [0.3, 0.4) is 0 Å². The van der Waals surface area contributed by atoms with E-state index in [4.69, 9.17) is 16.0 Å². The van der Waals surface area contributed by atoms with Crippen LogP contribution >= 0.6 is 38.9 Å². The lowest BCUT2D eigenvalue weighted by Gasteiger charge is -2.14. The van der Waals surface area contributed by atoms with Gasteiger partial charge in [0, 0.05) is 13.1 Å². The van der Waals surface area contributed by atoms with Crippen molar-refractivity contribution in [1.82, 2.24) is 4.31 Å². The molecule has 2 rings (SSSR count). The van der Waals surface area contributed by atoms with Gasteiger partial charge in [-0.15, -0.1) is 11.3 Å². The Hall–Kier alpha value is -0.940. The number of sulfonamides is 1. The van der Waals surface area contributed by atoms with Crippen LogP contribution in [0.4, 0.5) is 5.69 Å². The van der Waals surface area contributed by atoms with Crippen LogP contribution in [0.1, 0.15) is 5.76 Å². The molecule has 0 bridgehead atoms. The number of thiophene rings is 1. The standard InChI is InChI=1S/C10H8BrClN2O5S2/c1-13(5-6-2-3-8(11)19-6)21(17,18)9-4-7(14(15)16)10(12)20-9/h2-4H,5H2,1H3. The monoisotopic (exact) mass is 414 g/mol. The van der Waals surface area contributed by atoms with Crippen molar-refractivity contribution in [3.63, 3.8) is 0 Å². The van der Waals surface area contributed by atoms with Gasteiger partial charge in [0.1, 0.15) is 9.97 Å². The number of hydrogen-bond acceptors (Lipinski definition) is 6. The maximum absolute atomic E-state index is 12.3. The van der Waals surface area contributed by atoms with E-state index < -0.39 is 20.6 Å². The third kappa shape index (κ3) is 3.46. The number of hydrogen-bond donors (Lipinski definition) is 0. The van der Waals surface area contributed by atoms with E-state index in [2.05, 4.69) is 15.9 Å². The van der Waals surface area contributed by atoms with Gasteiger partial charge in [-0.25, -0.2) is 8.42 Å². The molecule has 0 aliphatic carbocycles. The van der Waals surface area contributed by atoms with Gasteiger partial charge in [0.25, 0.3) is 15.7 Å². The third-order valence-corrected chi connectivity index (χ3v) is 6.53. The summed E-state index contributed by atoms with van der Waals surface area (Å²) in [5, 5.41) is 10.7. The lowest BCUT2D eigenvalue weighted by molar-refractivity contribution is -0.384. The first-order valence-electron chi connectivity index (χ1n) is 5.36. The summed E-state index contributed by atoms with van der Waals surface area (Å²) in [7, 11) is -2.52. The van der Waals surface area contributed by atoms with E-state index in [1.54, 1.807) is 12.1 Å². The summed E-state index contributed by atoms with van der Waals surface area (Å²) in [5.41, 5.74) is -0.422. The van der Waals surface area contributed by atoms with Crippen LogP contribution in [0.25, 0.3) is 0 Å². The van der Waals surface area contributed by atoms with Gasteiger partial charge in [-0.05, 0) is 28.1 Å². The number of furan rings is 1. The molecule has 114 valence electrons. The highest BCUT2D eigenvalue weighted by Gasteiger charge is 2.29. The molecular weight excluding hydrogens is 408 g/mol. The van der Waals surface area contributed by atoms with E-state index in [0.29, 0.717) is 21.8 Å². The summed E-state index contributed by atoms with van der Waals surface area (Å²) in [6.45, 7) is -0.00273. The Morgan fingerprint density at radius 2 is 2.19 bits per heavy atom. The lowest BCUT2D eigenvalue weighted by Crippen LogP contribution is -2.25. The van der Waals surface area contributed by atoms with Gasteiger partial charge in [0.15, 0.2) is 9.01 Å². The summed E-state index contributed by atoms with van der Waals surface area (Å²) in [4.78, 5) is 10.0. The first-order valence-corrected chi connectivity index (χ1v) is 8.79. The highest BCUT2D eigenvalue weighted by atomic mass is 79.9. The van der Waals surface area contributed by atoms with Crippen molar-refractivity contribution in [3.8, 4) is 0 Å². The number of nitrogens with zero attached hydrogens (tertiary/aromatic N) is 2. The molecule has 0 unspecified atom stereocenters. The molecule has 0 amide bonds. The average molecular weight is 416 g/mol. The Bertz CT molecular complexity index is 785. The van der Waals surface area contributed by atoms with Crippen LogP contribution < -0.4 is 0 Å². The molecule has 0 radical (unpaired) electrons. The zero-order chi connectivity index (χ0) is 15.8. The van der Waals surface area contributed by atoms with E-state index in [0.717, 1.165) is 10.4 Å². The Balaban J connectivity index is 2.28. The molecular formula is C10H8BrClN2O5S2. The summed E-state index contributed by atoms with van der Waals surface area (Å²) in [5.74, 6) is 0.435. The molecule has 0 aliphatic heterocycles. The normalized spacial score (nSPS) is 12.0. The van der Waals surface area contributed by atoms with Gasteiger partial charge >= 0.3 is 0 Å². The van der Waals surface area contributed by atoms with Crippen LogP contribution in [0, 0.1) is 10.1 Å². The maximum Gasteiger partial charge on any atom is 0.300 e. The number of halogens is 2. The van der Waals surface area contributed by atoms with Crippen molar-refractivity contribution in [1.29, 1.82) is 0 Å². The molecule has 0 saturated heterocycles. The molecule has 7 nitrogen and oxygen atoms in total. The summed E-state index contributed by atoms with van der Waals surface area (Å²) < 4.78 is 31.1. The Morgan fingerprint density at radius 3 is 2.67 bits per heavy atom. The van der Waals surface area contributed by atoms with E-state index in [1.165, 1.54) is 7.05 Å². The summed E-state index contributed by atoms with van der Waals surface area (Å²) >= 11 is 9.45. The van der Waals surface area contributed by atoms with Crippen molar-refractivity contribution >= 4 is 54.6 Å². The molecule has 0 fully saturated rings. The van der Waals surface area contributed by atoms with E-state index >= 15 is 0 Å². The van der Waals surface area contributed by atoms with Gasteiger partial charge in [0.2, 0.25) is 0 Å². The molecule has 0 saturated carbocycles. The fourth-order valence-corrected chi connectivity index (χ4v) is 4.84. The predicted molar refractivity (Wildman–Crippen MR) is 81.0 cm³/mol. The highest BCUT2D eigenvalue weighted by Crippen LogP contribution is 2.37. The van der Waals surface area contributed by atoms with Crippen LogP contribution in [0.5, 0.6) is 0 Å². The molecule has 0 atom stereocenters. The molecule has 11 heteroatoms. The second kappa shape index (κ2) is 6.05. The topological polar surface area (TPSA) is 93.7 Å². The Morgan fingerprint density at radius 1 is 1.52 bits per heavy atom. The molecule has 0 spiro atoms. The van der Waals surface area contributed by atoms with Gasteiger partial charge in [-0.2, -0.15) is 4.31 Å². The average Bonchev–Trinajstić information content (AvgIpc) is 2.95. The molecule has 21 heavy (non-hydrogen) atoms. The fraction of sp³-hybridized carbons (Fsp3) is 0.200. The van der Waals surface area contributed by atoms with Crippen molar-refractivity contribution in [2.24, 2.45) is 0 Å². The molecule has 2 aromatic heterocycles. The van der Waals surface area contributed by atoms with Crippen LogP contribution in [0.15, 0.2) is 31.5 Å². The minimum atomic E-state index is -3.88. The zero-order valence-corrected chi connectivity index (χ0v) is 14.4. The second-order valence-corrected chi connectivity index (χ2v) is 8.66. The van der Waals surface area contributed by atoms with Crippen LogP contribution in [-0.4, -0.2) is 24.7 Å². The van der Waals surface area contributed by atoms with Gasteiger partial charge in [-0.3, -0.25) is 10.1 Å². The van der Waals surface area contributed by atoms with Gasteiger partial charge < -0.3 is 4.42 Å². The van der Waals surface area contributed by atoms with Gasteiger partial charge in [0.05, 0.1) is 11.5 Å². The molecule has 2 aromatic rings. The van der Waals surface area contributed by atoms with Crippen molar-refractivity contribution in [2.45, 2.75) is 10.8 Å². The smallest absolute Gasteiger partial charge is 0.300 e. The molecule has 0 N–H and O–H groups in total. The van der Waals surface area contributed by atoms with E-state index in [9.17, 15) is 18.5 Å². The maximum atomic E-state index is 12.3. The van der Waals surface area contributed by atoms with Crippen molar-refractivity contribution in [2.75, 3.05) is 7.05 Å². The largest absolute Gasteiger partial charge is 0.453 e. The van der Waals surface area contributed by atoms with Crippen LogP contribution in [0.2, 0.25) is 4.34 Å². The second-order valence-electron chi connectivity index (χ2n) is 3.95. The predicted octanol–water partition coefficient (Wildman–Crippen LogP) is 3.49. The molecule has 2 heterocycles. The summed E-state index contributed by atoms with van der Waals surface area (Å²) in [6.07, 6.45) is 0. The minimum absolute atomic E-state index is 0.00273. The highest BCUT2D eigenvalue weighted by molar-refractivity contribution is 9.10. The minimum Gasteiger partial charge on any atom is -0.453 e. The Labute approximate surface area is 137 Å². The lowest BCUT2D eigenvalue weighted by atomic mass is 10.4. The van der Waals surface area contributed by atoms with Crippen LogP contribution in [-0.2, 0) is 16.6 Å². The number of nitro groups is 1. The fourth-order valence-electron chi connectivity index (χ4n) is 1.48. The first kappa shape index (κ1) is 16.4. The molecule has 0 aliphatic rings. The first-order chi connectivity index (χ1) is 9.71. The van der Waals surface area contributed by atoms with Crippen molar-refractivity contribution in [3.05, 3.63) is 43.1 Å². The Kier molecular flexibility index (Phi) is 4.73. The SMILES string of the molecule is CN(Cc1ccc(Br)o1)S(=O)(=O)c1cc([N+](=O)[O-])c(Cl)s1. The summed E-state index contributed by atoms with van der Waals surface area (Å²) in [6, 6.07) is 4.22. The quantitative estimate of drug-likeness (QED) is 0.550. The van der Waals surface area contributed by atoms with E-state index in [1.807, 2.05) is 0 Å². The van der Waals surface area contributed by atoms with E-state index in [-0.39, 0.29) is 15.1 Å². The van der Waals surface area contributed by atoms with Crippen molar-refractivity contribution < 1.29 is 17.8 Å². The third-order valence-electron chi connectivity index (χ3n) is 2.51. The molecule has 0 aromatic carbocycles. The zero-order valence-electron chi connectivity index (χ0n) is 10.4. The van der Waals surface area contributed by atoms with Gasteiger partial charge in [-0.1, -0.05) is 11.6 Å².